The Kier molecular flexibility index (Phi) is 6.34. The Bertz CT molecular complexity index is 668. The van der Waals surface area contributed by atoms with Gasteiger partial charge < -0.3 is 15.4 Å². The summed E-state index contributed by atoms with van der Waals surface area (Å²) in [6.07, 6.45) is 1.73. The molecule has 2 rings (SSSR count). The number of nitrogens with one attached hydrogen (secondary N) is 2. The molecule has 0 spiro atoms. The molecule has 0 bridgehead atoms. The lowest BCUT2D eigenvalue weighted by atomic mass is 10.2. The summed E-state index contributed by atoms with van der Waals surface area (Å²) < 4.78 is 5.53. The fourth-order valence-electron chi connectivity index (χ4n) is 2.13. The van der Waals surface area contributed by atoms with E-state index in [9.17, 15) is 0 Å². The SMILES string of the molecule is CCOc1ncccc1CNC(=NC)NCc1sc(C)nc1C. The maximum Gasteiger partial charge on any atom is 0.218 e. The van der Waals surface area contributed by atoms with Gasteiger partial charge in [-0.05, 0) is 26.8 Å². The maximum atomic E-state index is 5.53. The van der Waals surface area contributed by atoms with Crippen LogP contribution in [-0.4, -0.2) is 29.6 Å². The molecule has 0 radical (unpaired) electrons. The Morgan fingerprint density at radius 3 is 2.74 bits per heavy atom. The summed E-state index contributed by atoms with van der Waals surface area (Å²) in [4.78, 5) is 14.2. The van der Waals surface area contributed by atoms with E-state index in [1.54, 1.807) is 24.6 Å². The first kappa shape index (κ1) is 17.2. The van der Waals surface area contributed by atoms with Gasteiger partial charge in [-0.2, -0.15) is 0 Å². The molecule has 0 fully saturated rings. The average Bonchev–Trinajstić information content (AvgIpc) is 2.87. The number of rotatable bonds is 6. The van der Waals surface area contributed by atoms with Crippen molar-refractivity contribution >= 4 is 17.3 Å². The molecule has 0 aliphatic heterocycles. The number of aliphatic imine (C=N–C) groups is 1. The van der Waals surface area contributed by atoms with Crippen LogP contribution in [0.2, 0.25) is 0 Å². The topological polar surface area (TPSA) is 71.4 Å². The van der Waals surface area contributed by atoms with Crippen molar-refractivity contribution in [2.45, 2.75) is 33.9 Å². The van der Waals surface area contributed by atoms with Gasteiger partial charge in [0.05, 0.1) is 23.9 Å². The molecule has 0 aliphatic rings. The van der Waals surface area contributed by atoms with Crippen LogP contribution in [0.15, 0.2) is 23.3 Å². The van der Waals surface area contributed by atoms with E-state index in [2.05, 4.69) is 25.6 Å². The zero-order valence-corrected chi connectivity index (χ0v) is 14.8. The summed E-state index contributed by atoms with van der Waals surface area (Å²) >= 11 is 1.70. The third-order valence-corrected chi connectivity index (χ3v) is 4.29. The van der Waals surface area contributed by atoms with Gasteiger partial charge in [0.15, 0.2) is 5.96 Å². The van der Waals surface area contributed by atoms with E-state index in [1.807, 2.05) is 32.9 Å². The van der Waals surface area contributed by atoms with Crippen LogP contribution in [0.1, 0.15) is 28.1 Å². The summed E-state index contributed by atoms with van der Waals surface area (Å²) in [6.45, 7) is 7.91. The standard InChI is InChI=1S/C16H23N5OS/c1-5-22-15-13(7-6-8-18-15)9-19-16(17-4)20-10-14-11(2)21-12(3)23-14/h6-8H,5,9-10H2,1-4H3,(H2,17,19,20). The van der Waals surface area contributed by atoms with E-state index in [-0.39, 0.29) is 0 Å². The van der Waals surface area contributed by atoms with Gasteiger partial charge in [-0.3, -0.25) is 4.99 Å². The number of guanidine groups is 1. The number of aromatic nitrogens is 2. The highest BCUT2D eigenvalue weighted by atomic mass is 32.1. The number of ether oxygens (including phenoxy) is 1. The zero-order valence-electron chi connectivity index (χ0n) is 14.0. The van der Waals surface area contributed by atoms with E-state index in [4.69, 9.17) is 4.74 Å². The summed E-state index contributed by atoms with van der Waals surface area (Å²) in [5.41, 5.74) is 2.07. The van der Waals surface area contributed by atoms with Crippen molar-refractivity contribution in [2.75, 3.05) is 13.7 Å². The first-order valence-electron chi connectivity index (χ1n) is 7.58. The Labute approximate surface area is 141 Å². The van der Waals surface area contributed by atoms with Crippen molar-refractivity contribution in [1.29, 1.82) is 0 Å². The van der Waals surface area contributed by atoms with E-state index in [1.165, 1.54) is 4.88 Å². The summed E-state index contributed by atoms with van der Waals surface area (Å²) in [6, 6.07) is 3.90. The van der Waals surface area contributed by atoms with Gasteiger partial charge in [0.1, 0.15) is 0 Å². The van der Waals surface area contributed by atoms with Gasteiger partial charge in [0, 0.05) is 30.2 Å². The second-order valence-electron chi connectivity index (χ2n) is 4.92. The molecule has 0 amide bonds. The minimum Gasteiger partial charge on any atom is -0.478 e. The van der Waals surface area contributed by atoms with E-state index < -0.39 is 0 Å². The average molecular weight is 333 g/mol. The van der Waals surface area contributed by atoms with Crippen molar-refractivity contribution in [2.24, 2.45) is 4.99 Å². The number of nitrogens with zero attached hydrogens (tertiary/aromatic N) is 3. The van der Waals surface area contributed by atoms with Crippen molar-refractivity contribution in [3.63, 3.8) is 0 Å². The van der Waals surface area contributed by atoms with Crippen molar-refractivity contribution in [3.8, 4) is 5.88 Å². The van der Waals surface area contributed by atoms with Crippen LogP contribution >= 0.6 is 11.3 Å². The van der Waals surface area contributed by atoms with Crippen LogP contribution in [0, 0.1) is 13.8 Å². The van der Waals surface area contributed by atoms with E-state index >= 15 is 0 Å². The fourth-order valence-corrected chi connectivity index (χ4v) is 3.00. The molecule has 2 aromatic heterocycles. The molecule has 0 saturated carbocycles. The molecule has 0 unspecified atom stereocenters. The summed E-state index contributed by atoms with van der Waals surface area (Å²) in [5, 5.41) is 7.68. The van der Waals surface area contributed by atoms with Gasteiger partial charge in [-0.15, -0.1) is 11.3 Å². The third-order valence-electron chi connectivity index (χ3n) is 3.22. The quantitative estimate of drug-likeness (QED) is 0.627. The predicted octanol–water partition coefficient (Wildman–Crippen LogP) is 2.42. The van der Waals surface area contributed by atoms with Gasteiger partial charge in [0.2, 0.25) is 5.88 Å². The molecule has 0 aromatic carbocycles. The van der Waals surface area contributed by atoms with Crippen molar-refractivity contribution in [1.82, 2.24) is 20.6 Å². The first-order valence-corrected chi connectivity index (χ1v) is 8.39. The molecule has 2 aromatic rings. The fraction of sp³-hybridized carbons (Fsp3) is 0.438. The second-order valence-corrected chi connectivity index (χ2v) is 6.21. The normalized spacial score (nSPS) is 11.4. The highest BCUT2D eigenvalue weighted by molar-refractivity contribution is 7.11. The van der Waals surface area contributed by atoms with Gasteiger partial charge >= 0.3 is 0 Å². The Morgan fingerprint density at radius 2 is 2.09 bits per heavy atom. The monoisotopic (exact) mass is 333 g/mol. The highest BCUT2D eigenvalue weighted by Crippen LogP contribution is 2.16. The molecular weight excluding hydrogens is 310 g/mol. The number of thiazole rings is 1. The van der Waals surface area contributed by atoms with Crippen LogP contribution in [-0.2, 0) is 13.1 Å². The van der Waals surface area contributed by atoms with Crippen LogP contribution < -0.4 is 15.4 Å². The van der Waals surface area contributed by atoms with E-state index in [0.29, 0.717) is 25.6 Å². The minimum absolute atomic E-state index is 0.598. The number of hydrogen-bond donors (Lipinski definition) is 2. The third kappa shape index (κ3) is 4.92. The van der Waals surface area contributed by atoms with Crippen molar-refractivity contribution in [3.05, 3.63) is 39.5 Å². The second kappa shape index (κ2) is 8.47. The van der Waals surface area contributed by atoms with Crippen molar-refractivity contribution < 1.29 is 4.74 Å². The van der Waals surface area contributed by atoms with Gasteiger partial charge in [0.25, 0.3) is 0 Å². The highest BCUT2D eigenvalue weighted by Gasteiger charge is 2.07. The lowest BCUT2D eigenvalue weighted by molar-refractivity contribution is 0.322. The number of pyridine rings is 1. The Morgan fingerprint density at radius 1 is 1.30 bits per heavy atom. The van der Waals surface area contributed by atoms with E-state index in [0.717, 1.165) is 22.2 Å². The molecule has 0 atom stereocenters. The summed E-state index contributed by atoms with van der Waals surface area (Å²) in [5.74, 6) is 1.40. The van der Waals surface area contributed by atoms with Crippen LogP contribution in [0.5, 0.6) is 5.88 Å². The molecule has 6 nitrogen and oxygen atoms in total. The maximum absolute atomic E-state index is 5.53. The smallest absolute Gasteiger partial charge is 0.218 e. The number of hydrogen-bond acceptors (Lipinski definition) is 5. The molecular formula is C16H23N5OS. The Hall–Kier alpha value is -2.15. The molecule has 2 heterocycles. The van der Waals surface area contributed by atoms with Gasteiger partial charge in [-0.25, -0.2) is 9.97 Å². The lowest BCUT2D eigenvalue weighted by Crippen LogP contribution is -2.36. The van der Waals surface area contributed by atoms with Crippen LogP contribution in [0.4, 0.5) is 0 Å². The van der Waals surface area contributed by atoms with Crippen LogP contribution in [0.25, 0.3) is 0 Å². The number of aryl methyl sites for hydroxylation is 2. The summed E-state index contributed by atoms with van der Waals surface area (Å²) in [7, 11) is 1.76. The predicted molar refractivity (Wildman–Crippen MR) is 94.0 cm³/mol. The lowest BCUT2D eigenvalue weighted by Gasteiger charge is -2.13. The molecule has 7 heteroatoms. The van der Waals surface area contributed by atoms with Crippen LogP contribution in [0.3, 0.4) is 0 Å². The molecule has 2 N–H and O–H groups in total. The zero-order chi connectivity index (χ0) is 16.7. The molecule has 23 heavy (non-hydrogen) atoms. The molecule has 0 aliphatic carbocycles. The minimum atomic E-state index is 0.598. The Balaban J connectivity index is 1.92. The largest absolute Gasteiger partial charge is 0.478 e. The molecule has 0 saturated heterocycles. The molecule has 124 valence electrons. The van der Waals surface area contributed by atoms with Gasteiger partial charge in [-0.1, -0.05) is 6.07 Å². The first-order chi connectivity index (χ1) is 11.1.